The van der Waals surface area contributed by atoms with Crippen LogP contribution in [0.25, 0.3) is 0 Å². The molecule has 0 spiro atoms. The number of nitrogens with two attached hydrogens (primary N) is 1. The Kier molecular flexibility index (Phi) is 6.31. The number of nitrogens with zero attached hydrogens (tertiary/aromatic N) is 1. The Morgan fingerprint density at radius 3 is 2.55 bits per heavy atom. The van der Waals surface area contributed by atoms with Crippen LogP contribution < -0.4 is 5.73 Å². The maximum absolute atomic E-state index is 6.26. The minimum Gasteiger partial charge on any atom is -0.381 e. The van der Waals surface area contributed by atoms with Crippen LogP contribution in [0.15, 0.2) is 0 Å². The van der Waals surface area contributed by atoms with Crippen molar-refractivity contribution in [2.45, 2.75) is 76.3 Å². The Morgan fingerprint density at radius 1 is 1.15 bits per heavy atom. The minimum absolute atomic E-state index is 0.254. The van der Waals surface area contributed by atoms with Crippen LogP contribution >= 0.6 is 0 Å². The second-order valence-corrected chi connectivity index (χ2v) is 6.97. The Morgan fingerprint density at radius 2 is 1.90 bits per heavy atom. The van der Waals surface area contributed by atoms with Crippen LogP contribution in [0.2, 0.25) is 0 Å². The molecule has 0 radical (unpaired) electrons. The quantitative estimate of drug-likeness (QED) is 0.787. The SMILES string of the molecule is CCCC1CCCC(CN)(N(C)C2CCOCC2)CC1. The predicted octanol–water partition coefficient (Wildman–Crippen LogP) is 3.18. The first-order valence-corrected chi connectivity index (χ1v) is 8.72. The van der Waals surface area contributed by atoms with E-state index in [0.29, 0.717) is 6.04 Å². The van der Waals surface area contributed by atoms with Gasteiger partial charge < -0.3 is 10.5 Å². The molecule has 3 heteroatoms. The summed E-state index contributed by atoms with van der Waals surface area (Å²) in [5, 5.41) is 0. The van der Waals surface area contributed by atoms with Gasteiger partial charge in [-0.3, -0.25) is 4.90 Å². The number of ether oxygens (including phenoxy) is 1. The molecule has 2 aliphatic rings. The summed E-state index contributed by atoms with van der Waals surface area (Å²) in [6, 6.07) is 0.676. The Hall–Kier alpha value is -0.120. The topological polar surface area (TPSA) is 38.5 Å². The van der Waals surface area contributed by atoms with Crippen molar-refractivity contribution in [1.82, 2.24) is 4.90 Å². The molecule has 0 aromatic carbocycles. The van der Waals surface area contributed by atoms with Crippen molar-refractivity contribution in [3.63, 3.8) is 0 Å². The summed E-state index contributed by atoms with van der Waals surface area (Å²) in [7, 11) is 2.32. The highest BCUT2D eigenvalue weighted by atomic mass is 16.5. The van der Waals surface area contributed by atoms with Gasteiger partial charge in [0.1, 0.15) is 0 Å². The molecule has 2 atom stereocenters. The number of hydrogen-bond donors (Lipinski definition) is 1. The molecule has 2 unspecified atom stereocenters. The van der Waals surface area contributed by atoms with Crippen LogP contribution in [0.1, 0.15) is 64.7 Å². The van der Waals surface area contributed by atoms with Gasteiger partial charge in [-0.15, -0.1) is 0 Å². The third kappa shape index (κ3) is 3.75. The van der Waals surface area contributed by atoms with Gasteiger partial charge in [0.2, 0.25) is 0 Å². The van der Waals surface area contributed by atoms with Crippen LogP contribution in [-0.2, 0) is 4.74 Å². The maximum atomic E-state index is 6.26. The fraction of sp³-hybridized carbons (Fsp3) is 1.00. The third-order valence-electron chi connectivity index (χ3n) is 5.84. The first-order chi connectivity index (χ1) is 9.72. The summed E-state index contributed by atoms with van der Waals surface area (Å²) in [5.41, 5.74) is 6.52. The van der Waals surface area contributed by atoms with Gasteiger partial charge in [-0.05, 0) is 45.1 Å². The second kappa shape index (κ2) is 7.77. The first kappa shape index (κ1) is 16.3. The maximum Gasteiger partial charge on any atom is 0.0480 e. The molecule has 1 saturated carbocycles. The smallest absolute Gasteiger partial charge is 0.0480 e. The number of likely N-dealkylation sites (N-methyl/N-ethyl adjacent to an activating group) is 1. The molecule has 0 amide bonds. The monoisotopic (exact) mass is 282 g/mol. The molecule has 0 aromatic rings. The molecule has 1 saturated heterocycles. The predicted molar refractivity (Wildman–Crippen MR) is 84.9 cm³/mol. The van der Waals surface area contributed by atoms with E-state index < -0.39 is 0 Å². The lowest BCUT2D eigenvalue weighted by Gasteiger charge is -2.46. The van der Waals surface area contributed by atoms with Gasteiger partial charge in [0.25, 0.3) is 0 Å². The van der Waals surface area contributed by atoms with Crippen molar-refractivity contribution in [3.05, 3.63) is 0 Å². The van der Waals surface area contributed by atoms with Crippen LogP contribution in [0.3, 0.4) is 0 Å². The molecule has 20 heavy (non-hydrogen) atoms. The molecule has 1 aliphatic carbocycles. The van der Waals surface area contributed by atoms with Crippen molar-refractivity contribution < 1.29 is 4.74 Å². The van der Waals surface area contributed by atoms with Crippen molar-refractivity contribution in [2.24, 2.45) is 11.7 Å². The largest absolute Gasteiger partial charge is 0.381 e. The fourth-order valence-electron chi connectivity index (χ4n) is 4.32. The summed E-state index contributed by atoms with van der Waals surface area (Å²) in [6.45, 7) is 4.98. The van der Waals surface area contributed by atoms with Crippen LogP contribution in [-0.4, -0.2) is 43.3 Å². The van der Waals surface area contributed by atoms with Crippen molar-refractivity contribution >= 4 is 0 Å². The molecule has 2 fully saturated rings. The Labute approximate surface area is 125 Å². The Balaban J connectivity index is 2.00. The van der Waals surface area contributed by atoms with E-state index in [-0.39, 0.29) is 5.54 Å². The average Bonchev–Trinajstić information content (AvgIpc) is 2.71. The highest BCUT2D eigenvalue weighted by Crippen LogP contribution is 2.37. The van der Waals surface area contributed by atoms with Gasteiger partial charge in [-0.1, -0.05) is 32.6 Å². The molecular formula is C17H34N2O. The van der Waals surface area contributed by atoms with Crippen molar-refractivity contribution in [3.8, 4) is 0 Å². The van der Waals surface area contributed by atoms with Crippen molar-refractivity contribution in [2.75, 3.05) is 26.8 Å². The molecule has 2 N–H and O–H groups in total. The molecule has 1 heterocycles. The summed E-state index contributed by atoms with van der Waals surface area (Å²) >= 11 is 0. The van der Waals surface area contributed by atoms with Gasteiger partial charge in [0.05, 0.1) is 0 Å². The van der Waals surface area contributed by atoms with E-state index in [1.165, 1.54) is 57.8 Å². The molecule has 3 nitrogen and oxygen atoms in total. The summed E-state index contributed by atoms with van der Waals surface area (Å²) < 4.78 is 5.52. The highest BCUT2D eigenvalue weighted by Gasteiger charge is 2.38. The standard InChI is InChI=1S/C17H34N2O/c1-3-5-15-6-4-10-17(14-18,11-7-15)19(2)16-8-12-20-13-9-16/h15-16H,3-14,18H2,1-2H3. The zero-order chi connectivity index (χ0) is 14.4. The summed E-state index contributed by atoms with van der Waals surface area (Å²) in [4.78, 5) is 2.64. The van der Waals surface area contributed by atoms with Crippen molar-refractivity contribution in [1.29, 1.82) is 0 Å². The van der Waals surface area contributed by atoms with E-state index in [4.69, 9.17) is 10.5 Å². The first-order valence-electron chi connectivity index (χ1n) is 8.72. The number of hydrogen-bond acceptors (Lipinski definition) is 3. The summed E-state index contributed by atoms with van der Waals surface area (Å²) in [5.74, 6) is 0.941. The van der Waals surface area contributed by atoms with Gasteiger partial charge in [-0.2, -0.15) is 0 Å². The Bertz CT molecular complexity index is 278. The lowest BCUT2D eigenvalue weighted by atomic mass is 9.85. The van der Waals surface area contributed by atoms with E-state index in [9.17, 15) is 0 Å². The van der Waals surface area contributed by atoms with Crippen LogP contribution in [0.5, 0.6) is 0 Å². The molecular weight excluding hydrogens is 248 g/mol. The number of rotatable bonds is 5. The zero-order valence-corrected chi connectivity index (χ0v) is 13.6. The molecule has 0 bridgehead atoms. The van der Waals surface area contributed by atoms with Gasteiger partial charge in [0.15, 0.2) is 0 Å². The molecule has 1 aliphatic heterocycles. The highest BCUT2D eigenvalue weighted by molar-refractivity contribution is 4.96. The van der Waals surface area contributed by atoms with E-state index in [1.807, 2.05) is 0 Å². The van der Waals surface area contributed by atoms with Gasteiger partial charge in [0, 0.05) is 31.3 Å². The lowest BCUT2D eigenvalue weighted by molar-refractivity contribution is -0.00809. The normalized spacial score (nSPS) is 33.3. The molecule has 2 rings (SSSR count). The minimum atomic E-state index is 0.254. The molecule has 0 aromatic heterocycles. The van der Waals surface area contributed by atoms with E-state index in [1.54, 1.807) is 0 Å². The van der Waals surface area contributed by atoms with Gasteiger partial charge in [-0.25, -0.2) is 0 Å². The fourth-order valence-corrected chi connectivity index (χ4v) is 4.32. The summed E-state index contributed by atoms with van der Waals surface area (Å²) in [6.07, 6.45) is 11.8. The second-order valence-electron chi connectivity index (χ2n) is 6.97. The third-order valence-corrected chi connectivity index (χ3v) is 5.84. The van der Waals surface area contributed by atoms with E-state index in [2.05, 4.69) is 18.9 Å². The average molecular weight is 282 g/mol. The zero-order valence-electron chi connectivity index (χ0n) is 13.6. The van der Waals surface area contributed by atoms with Crippen LogP contribution in [0, 0.1) is 5.92 Å². The lowest BCUT2D eigenvalue weighted by Crippen LogP contribution is -2.56. The molecule has 118 valence electrons. The van der Waals surface area contributed by atoms with Gasteiger partial charge >= 0.3 is 0 Å². The van der Waals surface area contributed by atoms with E-state index >= 15 is 0 Å². The van der Waals surface area contributed by atoms with Crippen LogP contribution in [0.4, 0.5) is 0 Å². The van der Waals surface area contributed by atoms with E-state index in [0.717, 1.165) is 25.7 Å².